The van der Waals surface area contributed by atoms with Crippen LogP contribution >= 0.6 is 22.6 Å². The summed E-state index contributed by atoms with van der Waals surface area (Å²) in [7, 11) is 0. The van der Waals surface area contributed by atoms with Crippen LogP contribution in [-0.4, -0.2) is 5.60 Å². The molecule has 2 heteroatoms. The Morgan fingerprint density at radius 2 is 1.69 bits per heavy atom. The first-order valence-electron chi connectivity index (χ1n) is 4.35. The second-order valence-corrected chi connectivity index (χ2v) is 4.75. The fraction of sp³-hybridized carbons (Fsp3) is 0.455. The highest BCUT2D eigenvalue weighted by Crippen LogP contribution is 2.19. The van der Waals surface area contributed by atoms with Gasteiger partial charge in [0, 0.05) is 4.43 Å². The van der Waals surface area contributed by atoms with Gasteiger partial charge < -0.3 is 4.74 Å². The molecule has 0 heterocycles. The average Bonchev–Trinajstić information content (AvgIpc) is 2.03. The summed E-state index contributed by atoms with van der Waals surface area (Å²) in [6.45, 7) is 6.16. The third kappa shape index (κ3) is 3.98. The lowest BCUT2D eigenvalue weighted by Gasteiger charge is -2.21. The maximum atomic E-state index is 5.70. The van der Waals surface area contributed by atoms with Crippen LogP contribution in [0.4, 0.5) is 0 Å². The van der Waals surface area contributed by atoms with Crippen molar-refractivity contribution in [2.75, 3.05) is 0 Å². The van der Waals surface area contributed by atoms with Gasteiger partial charge in [0.2, 0.25) is 0 Å². The smallest absolute Gasteiger partial charge is 0.120 e. The monoisotopic (exact) mass is 290 g/mol. The SMILES string of the molecule is CC(C)(C)Oc1ccc(CI)cc1. The normalized spacial score (nSPS) is 11.4. The van der Waals surface area contributed by atoms with Crippen LogP contribution in [0.3, 0.4) is 0 Å². The fourth-order valence-corrected chi connectivity index (χ4v) is 1.51. The lowest BCUT2D eigenvalue weighted by molar-refractivity contribution is 0.131. The first kappa shape index (κ1) is 10.8. The molecule has 0 fully saturated rings. The van der Waals surface area contributed by atoms with E-state index in [9.17, 15) is 0 Å². The molecular formula is C11H15IO. The van der Waals surface area contributed by atoms with Crippen molar-refractivity contribution in [3.63, 3.8) is 0 Å². The van der Waals surface area contributed by atoms with E-state index in [0.29, 0.717) is 0 Å². The van der Waals surface area contributed by atoms with E-state index in [0.717, 1.165) is 10.2 Å². The summed E-state index contributed by atoms with van der Waals surface area (Å²) in [6.07, 6.45) is 0. The summed E-state index contributed by atoms with van der Waals surface area (Å²) < 4.78 is 6.75. The quantitative estimate of drug-likeness (QED) is 0.594. The van der Waals surface area contributed by atoms with E-state index >= 15 is 0 Å². The Bertz CT molecular complexity index is 258. The van der Waals surface area contributed by atoms with Crippen molar-refractivity contribution in [1.29, 1.82) is 0 Å². The van der Waals surface area contributed by atoms with Gasteiger partial charge in [-0.05, 0) is 38.5 Å². The largest absolute Gasteiger partial charge is 0.488 e. The van der Waals surface area contributed by atoms with Crippen LogP contribution in [0.2, 0.25) is 0 Å². The number of rotatable bonds is 2. The average molecular weight is 290 g/mol. The molecule has 1 aromatic rings. The van der Waals surface area contributed by atoms with Crippen molar-refractivity contribution >= 4 is 22.6 Å². The van der Waals surface area contributed by atoms with Crippen LogP contribution in [0.25, 0.3) is 0 Å². The van der Waals surface area contributed by atoms with Gasteiger partial charge in [-0.1, -0.05) is 34.7 Å². The second kappa shape index (κ2) is 4.31. The van der Waals surface area contributed by atoms with E-state index in [4.69, 9.17) is 4.74 Å². The molecule has 72 valence electrons. The third-order valence-electron chi connectivity index (χ3n) is 1.50. The van der Waals surface area contributed by atoms with Crippen molar-refractivity contribution in [3.05, 3.63) is 29.8 Å². The Hall–Kier alpha value is -0.250. The second-order valence-electron chi connectivity index (χ2n) is 3.99. The molecule has 0 spiro atoms. The summed E-state index contributed by atoms with van der Waals surface area (Å²) in [4.78, 5) is 0. The number of hydrogen-bond acceptors (Lipinski definition) is 1. The molecule has 0 saturated heterocycles. The number of hydrogen-bond donors (Lipinski definition) is 0. The first-order chi connectivity index (χ1) is 6.01. The molecule has 0 bridgehead atoms. The predicted octanol–water partition coefficient (Wildman–Crippen LogP) is 3.80. The molecule has 0 aliphatic carbocycles. The molecule has 13 heavy (non-hydrogen) atoms. The maximum absolute atomic E-state index is 5.70. The number of alkyl halides is 1. The van der Waals surface area contributed by atoms with Gasteiger partial charge in [0.1, 0.15) is 11.4 Å². The van der Waals surface area contributed by atoms with Crippen molar-refractivity contribution in [3.8, 4) is 5.75 Å². The molecule has 0 radical (unpaired) electrons. The Balaban J connectivity index is 2.70. The molecule has 0 atom stereocenters. The van der Waals surface area contributed by atoms with Gasteiger partial charge in [0.15, 0.2) is 0 Å². The summed E-state index contributed by atoms with van der Waals surface area (Å²) >= 11 is 2.35. The molecule has 1 rings (SSSR count). The predicted molar refractivity (Wildman–Crippen MR) is 64.5 cm³/mol. The van der Waals surface area contributed by atoms with Gasteiger partial charge in [-0.15, -0.1) is 0 Å². The Labute approximate surface area is 93.6 Å². The van der Waals surface area contributed by atoms with Crippen molar-refractivity contribution < 1.29 is 4.74 Å². The van der Waals surface area contributed by atoms with E-state index in [1.54, 1.807) is 0 Å². The highest BCUT2D eigenvalue weighted by atomic mass is 127. The summed E-state index contributed by atoms with van der Waals surface area (Å²) in [6, 6.07) is 8.26. The molecule has 0 amide bonds. The van der Waals surface area contributed by atoms with Crippen LogP contribution in [0.15, 0.2) is 24.3 Å². The van der Waals surface area contributed by atoms with Gasteiger partial charge in [-0.3, -0.25) is 0 Å². The van der Waals surface area contributed by atoms with Crippen molar-refractivity contribution in [1.82, 2.24) is 0 Å². The molecule has 0 aliphatic rings. The van der Waals surface area contributed by atoms with Gasteiger partial charge >= 0.3 is 0 Å². The minimum atomic E-state index is -0.105. The Morgan fingerprint density at radius 1 is 1.15 bits per heavy atom. The fourth-order valence-electron chi connectivity index (χ4n) is 1.00. The van der Waals surface area contributed by atoms with Crippen molar-refractivity contribution in [2.45, 2.75) is 30.8 Å². The molecule has 1 nitrogen and oxygen atoms in total. The lowest BCUT2D eigenvalue weighted by atomic mass is 10.2. The zero-order valence-corrected chi connectivity index (χ0v) is 10.5. The van der Waals surface area contributed by atoms with Gasteiger partial charge in [0.25, 0.3) is 0 Å². The summed E-state index contributed by atoms with van der Waals surface area (Å²) in [5, 5.41) is 0. The first-order valence-corrected chi connectivity index (χ1v) is 5.88. The van der Waals surface area contributed by atoms with Gasteiger partial charge in [0.05, 0.1) is 0 Å². The molecule has 0 unspecified atom stereocenters. The van der Waals surface area contributed by atoms with Crippen LogP contribution in [0.1, 0.15) is 26.3 Å². The van der Waals surface area contributed by atoms with E-state index < -0.39 is 0 Å². The topological polar surface area (TPSA) is 9.23 Å². The highest BCUT2D eigenvalue weighted by molar-refractivity contribution is 14.1. The van der Waals surface area contributed by atoms with E-state index in [-0.39, 0.29) is 5.60 Å². The van der Waals surface area contributed by atoms with E-state index in [1.165, 1.54) is 5.56 Å². The number of halogens is 1. The molecule has 0 aliphatic heterocycles. The zero-order valence-electron chi connectivity index (χ0n) is 8.30. The minimum Gasteiger partial charge on any atom is -0.488 e. The minimum absolute atomic E-state index is 0.105. The van der Waals surface area contributed by atoms with E-state index in [2.05, 4.69) is 55.5 Å². The molecular weight excluding hydrogens is 275 g/mol. The highest BCUT2D eigenvalue weighted by Gasteiger charge is 2.10. The molecule has 1 aromatic carbocycles. The molecule has 0 aromatic heterocycles. The molecule has 0 saturated carbocycles. The Kier molecular flexibility index (Phi) is 3.59. The number of benzene rings is 1. The Morgan fingerprint density at radius 3 is 2.08 bits per heavy atom. The van der Waals surface area contributed by atoms with Crippen molar-refractivity contribution in [2.24, 2.45) is 0 Å². The summed E-state index contributed by atoms with van der Waals surface area (Å²) in [5.41, 5.74) is 1.23. The number of ether oxygens (including phenoxy) is 1. The van der Waals surface area contributed by atoms with Crippen LogP contribution in [-0.2, 0) is 4.43 Å². The van der Waals surface area contributed by atoms with Crippen LogP contribution in [0, 0.1) is 0 Å². The van der Waals surface area contributed by atoms with Gasteiger partial charge in [-0.25, -0.2) is 0 Å². The zero-order chi connectivity index (χ0) is 9.90. The third-order valence-corrected chi connectivity index (χ3v) is 2.38. The van der Waals surface area contributed by atoms with Crippen LogP contribution in [0.5, 0.6) is 5.75 Å². The molecule has 0 N–H and O–H groups in total. The maximum Gasteiger partial charge on any atom is 0.120 e. The van der Waals surface area contributed by atoms with E-state index in [1.807, 2.05) is 12.1 Å². The standard InChI is InChI=1S/C11H15IO/c1-11(2,3)13-10-6-4-9(8-12)5-7-10/h4-7H,8H2,1-3H3. The van der Waals surface area contributed by atoms with Gasteiger partial charge in [-0.2, -0.15) is 0 Å². The van der Waals surface area contributed by atoms with Crippen LogP contribution < -0.4 is 4.74 Å². The summed E-state index contributed by atoms with van der Waals surface area (Å²) in [5.74, 6) is 0.945. The lowest BCUT2D eigenvalue weighted by Crippen LogP contribution is -2.22.